The van der Waals surface area contributed by atoms with E-state index in [1.165, 1.54) is 11.0 Å². The van der Waals surface area contributed by atoms with Gasteiger partial charge in [0, 0.05) is 25.2 Å². The van der Waals surface area contributed by atoms with E-state index >= 15 is 0 Å². The van der Waals surface area contributed by atoms with Crippen LogP contribution in [0.15, 0.2) is 23.1 Å². The molecule has 138 valence electrons. The average molecular weight is 368 g/mol. The van der Waals surface area contributed by atoms with Crippen LogP contribution in [0.5, 0.6) is 0 Å². The molecule has 1 amide bonds. The highest BCUT2D eigenvalue weighted by Gasteiger charge is 2.26. The first-order chi connectivity index (χ1) is 11.7. The largest absolute Gasteiger partial charge is 0.481 e. The molecule has 0 spiro atoms. The number of carboxylic acids is 1. The highest BCUT2D eigenvalue weighted by molar-refractivity contribution is 7.89. The molecule has 0 saturated carbocycles. The zero-order chi connectivity index (χ0) is 18.6. The van der Waals surface area contributed by atoms with Crippen molar-refractivity contribution in [3.8, 4) is 0 Å². The Morgan fingerprint density at radius 3 is 2.64 bits per heavy atom. The van der Waals surface area contributed by atoms with Crippen LogP contribution < -0.4 is 9.62 Å². The van der Waals surface area contributed by atoms with Crippen molar-refractivity contribution in [2.45, 2.75) is 44.4 Å². The molecule has 8 heteroatoms. The van der Waals surface area contributed by atoms with Crippen molar-refractivity contribution in [1.29, 1.82) is 0 Å². The maximum absolute atomic E-state index is 12.3. The fourth-order valence-electron chi connectivity index (χ4n) is 2.72. The van der Waals surface area contributed by atoms with Gasteiger partial charge in [-0.25, -0.2) is 13.1 Å². The fourth-order valence-corrected chi connectivity index (χ4v) is 3.82. The Balaban J connectivity index is 2.10. The molecule has 0 unspecified atom stereocenters. The first-order valence-electron chi connectivity index (χ1n) is 8.35. The summed E-state index contributed by atoms with van der Waals surface area (Å²) in [6, 6.07) is 4.70. The molecular weight excluding hydrogens is 344 g/mol. The number of aliphatic carboxylic acids is 1. The van der Waals surface area contributed by atoms with Crippen LogP contribution >= 0.6 is 0 Å². The van der Waals surface area contributed by atoms with Crippen molar-refractivity contribution in [1.82, 2.24) is 4.72 Å². The Kier molecular flexibility index (Phi) is 6.18. The molecule has 0 saturated heterocycles. The molecule has 0 aromatic heterocycles. The molecule has 0 aliphatic carbocycles. The molecule has 1 aliphatic heterocycles. The van der Waals surface area contributed by atoms with Crippen molar-refractivity contribution in [3.63, 3.8) is 0 Å². The average Bonchev–Trinajstić information content (AvgIpc) is 2.95. The van der Waals surface area contributed by atoms with Gasteiger partial charge in [-0.1, -0.05) is 13.8 Å². The van der Waals surface area contributed by atoms with Crippen molar-refractivity contribution in [2.75, 3.05) is 18.0 Å². The lowest BCUT2D eigenvalue weighted by Gasteiger charge is -2.17. The van der Waals surface area contributed by atoms with Crippen LogP contribution in [0.4, 0.5) is 5.69 Å². The highest BCUT2D eigenvalue weighted by Crippen LogP contribution is 2.30. The zero-order valence-electron chi connectivity index (χ0n) is 14.5. The molecule has 2 N–H and O–H groups in total. The Morgan fingerprint density at radius 1 is 1.28 bits per heavy atom. The molecule has 25 heavy (non-hydrogen) atoms. The lowest BCUT2D eigenvalue weighted by Crippen LogP contribution is -2.29. The molecule has 2 rings (SSSR count). The van der Waals surface area contributed by atoms with Crippen LogP contribution in [0.2, 0.25) is 0 Å². The minimum atomic E-state index is -3.57. The molecule has 0 fully saturated rings. The zero-order valence-corrected chi connectivity index (χ0v) is 15.3. The molecular formula is C17H24N2O5S. The summed E-state index contributed by atoms with van der Waals surface area (Å²) < 4.78 is 27.3. The van der Waals surface area contributed by atoms with Crippen LogP contribution in [0.3, 0.4) is 0 Å². The van der Waals surface area contributed by atoms with Gasteiger partial charge in [0.25, 0.3) is 0 Å². The lowest BCUT2D eigenvalue weighted by molar-refractivity contribution is -0.138. The maximum Gasteiger partial charge on any atom is 0.303 e. The molecule has 7 nitrogen and oxygen atoms in total. The highest BCUT2D eigenvalue weighted by atomic mass is 32.2. The lowest BCUT2D eigenvalue weighted by atomic mass is 10.1. The van der Waals surface area contributed by atoms with Gasteiger partial charge in [-0.2, -0.15) is 0 Å². The van der Waals surface area contributed by atoms with E-state index in [2.05, 4.69) is 4.72 Å². The molecule has 1 aromatic rings. The van der Waals surface area contributed by atoms with E-state index in [1.54, 1.807) is 12.1 Å². The monoisotopic (exact) mass is 368 g/mol. The number of rotatable bonds is 8. The molecule has 1 heterocycles. The Hall–Kier alpha value is -1.93. The molecule has 0 bridgehead atoms. The minimum Gasteiger partial charge on any atom is -0.481 e. The summed E-state index contributed by atoms with van der Waals surface area (Å²) in [6.45, 7) is 4.88. The number of nitrogens with zero attached hydrogens (tertiary/aromatic N) is 1. The summed E-state index contributed by atoms with van der Waals surface area (Å²) in [5.41, 5.74) is 1.45. The first-order valence-corrected chi connectivity index (χ1v) is 9.84. The summed E-state index contributed by atoms with van der Waals surface area (Å²) in [5, 5.41) is 8.69. The van der Waals surface area contributed by atoms with Crippen LogP contribution in [0.1, 0.15) is 38.7 Å². The quantitative estimate of drug-likeness (QED) is 0.728. The number of nitrogens with one attached hydrogen (secondary N) is 1. The molecule has 1 aromatic carbocycles. The van der Waals surface area contributed by atoms with E-state index in [-0.39, 0.29) is 23.6 Å². The smallest absolute Gasteiger partial charge is 0.303 e. The van der Waals surface area contributed by atoms with Crippen LogP contribution in [0.25, 0.3) is 0 Å². The van der Waals surface area contributed by atoms with Crippen LogP contribution in [-0.4, -0.2) is 38.5 Å². The Morgan fingerprint density at radius 2 is 2.00 bits per heavy atom. The van der Waals surface area contributed by atoms with E-state index < -0.39 is 16.0 Å². The number of anilines is 1. The second kappa shape index (κ2) is 7.97. The van der Waals surface area contributed by atoms with E-state index in [4.69, 9.17) is 5.11 Å². The van der Waals surface area contributed by atoms with Gasteiger partial charge in [0.2, 0.25) is 15.9 Å². The number of carbonyl (C=O) groups excluding carboxylic acids is 1. The number of benzene rings is 1. The second-order valence-corrected chi connectivity index (χ2v) is 8.33. The molecule has 0 radical (unpaired) electrons. The van der Waals surface area contributed by atoms with Gasteiger partial charge >= 0.3 is 5.97 Å². The number of fused-ring (bicyclic) bond motifs is 1. The van der Waals surface area contributed by atoms with Gasteiger partial charge in [0.1, 0.15) is 0 Å². The summed E-state index contributed by atoms with van der Waals surface area (Å²) in [6.07, 6.45) is 1.04. The van der Waals surface area contributed by atoms with Gasteiger partial charge in [-0.05, 0) is 42.5 Å². The summed E-state index contributed by atoms with van der Waals surface area (Å²) in [4.78, 5) is 24.5. The molecule has 1 aliphatic rings. The third-order valence-corrected chi connectivity index (χ3v) is 5.58. The van der Waals surface area contributed by atoms with E-state index in [9.17, 15) is 18.0 Å². The number of amides is 1. The standard InChI is InChI=1S/C17H24N2O5S/c1-12(2)7-9-18-25(23,24)14-3-4-15-13(11-14)8-10-19(15)16(20)5-6-17(21)22/h3-4,11-12,18H,5-10H2,1-2H3,(H,21,22). The van der Waals surface area contributed by atoms with Gasteiger partial charge < -0.3 is 10.0 Å². The first kappa shape index (κ1) is 19.4. The van der Waals surface area contributed by atoms with Gasteiger partial charge in [-0.15, -0.1) is 0 Å². The third-order valence-electron chi connectivity index (χ3n) is 4.12. The van der Waals surface area contributed by atoms with Gasteiger partial charge in [0.15, 0.2) is 0 Å². The number of hydrogen-bond donors (Lipinski definition) is 2. The predicted molar refractivity (Wildman–Crippen MR) is 94.0 cm³/mol. The summed E-state index contributed by atoms with van der Waals surface area (Å²) >= 11 is 0. The third kappa shape index (κ3) is 5.02. The van der Waals surface area contributed by atoms with Crippen molar-refractivity contribution >= 4 is 27.6 Å². The Bertz CT molecular complexity index is 758. The van der Waals surface area contributed by atoms with E-state index in [1.807, 2.05) is 13.8 Å². The van der Waals surface area contributed by atoms with Gasteiger partial charge in [-0.3, -0.25) is 9.59 Å². The van der Waals surface area contributed by atoms with E-state index in [0.29, 0.717) is 31.1 Å². The van der Waals surface area contributed by atoms with Crippen molar-refractivity contribution in [3.05, 3.63) is 23.8 Å². The normalized spacial score (nSPS) is 14.0. The van der Waals surface area contributed by atoms with Crippen molar-refractivity contribution < 1.29 is 23.1 Å². The maximum atomic E-state index is 12.3. The van der Waals surface area contributed by atoms with Crippen molar-refractivity contribution in [2.24, 2.45) is 5.92 Å². The number of carbonyl (C=O) groups is 2. The Labute approximate surface area is 148 Å². The second-order valence-electron chi connectivity index (χ2n) is 6.56. The van der Waals surface area contributed by atoms with Crippen LogP contribution in [0, 0.1) is 5.92 Å². The number of sulfonamides is 1. The van der Waals surface area contributed by atoms with Crippen LogP contribution in [-0.2, 0) is 26.0 Å². The fraction of sp³-hybridized carbons (Fsp3) is 0.529. The molecule has 0 atom stereocenters. The predicted octanol–water partition coefficient (Wildman–Crippen LogP) is 1.76. The number of hydrogen-bond acceptors (Lipinski definition) is 4. The number of carboxylic acid groups (broad SMARTS) is 1. The summed E-state index contributed by atoms with van der Waals surface area (Å²) in [7, 11) is -3.57. The SMILES string of the molecule is CC(C)CCNS(=O)(=O)c1ccc2c(c1)CCN2C(=O)CCC(=O)O. The topological polar surface area (TPSA) is 104 Å². The minimum absolute atomic E-state index is 0.0639. The summed E-state index contributed by atoms with van der Waals surface area (Å²) in [5.74, 6) is -0.860. The van der Waals surface area contributed by atoms with E-state index in [0.717, 1.165) is 12.0 Å². The van der Waals surface area contributed by atoms with Gasteiger partial charge in [0.05, 0.1) is 11.3 Å².